The van der Waals surface area contributed by atoms with Gasteiger partial charge in [-0.15, -0.1) is 0 Å². The molecule has 5 nitrogen and oxygen atoms in total. The van der Waals surface area contributed by atoms with E-state index in [2.05, 4.69) is 5.43 Å². The first-order valence-corrected chi connectivity index (χ1v) is 8.61. The number of benzene rings is 1. The Kier molecular flexibility index (Phi) is 3.70. The Bertz CT molecular complexity index is 566. The molecule has 0 bridgehead atoms. The first-order chi connectivity index (χ1) is 9.61. The van der Waals surface area contributed by atoms with E-state index in [1.54, 1.807) is 28.6 Å². The molecule has 0 aromatic heterocycles. The minimum atomic E-state index is -3.46. The zero-order valence-electron chi connectivity index (χ0n) is 11.5. The minimum Gasteiger partial charge on any atom is -0.323 e. The van der Waals surface area contributed by atoms with Crippen LogP contribution in [0.2, 0.25) is 0 Å². The number of hydrazine groups is 1. The summed E-state index contributed by atoms with van der Waals surface area (Å²) in [5.74, 6) is 6.53. The van der Waals surface area contributed by atoms with E-state index in [0.717, 1.165) is 25.7 Å². The topological polar surface area (TPSA) is 75.4 Å². The molecule has 0 radical (unpaired) electrons. The molecule has 0 unspecified atom stereocenters. The molecule has 3 N–H and O–H groups in total. The Morgan fingerprint density at radius 1 is 1.10 bits per heavy atom. The number of hydrogen-bond acceptors (Lipinski definition) is 4. The van der Waals surface area contributed by atoms with Gasteiger partial charge in [-0.3, -0.25) is 5.84 Å². The molecule has 0 saturated heterocycles. The molecule has 110 valence electrons. The number of rotatable bonds is 7. The number of para-hydroxylation sites is 1. The monoisotopic (exact) mass is 295 g/mol. The summed E-state index contributed by atoms with van der Waals surface area (Å²) in [5.41, 5.74) is 2.95. The lowest BCUT2D eigenvalue weighted by Crippen LogP contribution is -2.35. The number of hydrogen-bond donors (Lipinski definition) is 2. The van der Waals surface area contributed by atoms with Crippen LogP contribution >= 0.6 is 0 Å². The first kappa shape index (κ1) is 13.9. The fourth-order valence-electron chi connectivity index (χ4n) is 2.40. The fourth-order valence-corrected chi connectivity index (χ4v) is 4.15. The quantitative estimate of drug-likeness (QED) is 0.594. The second-order valence-corrected chi connectivity index (χ2v) is 7.76. The van der Waals surface area contributed by atoms with Gasteiger partial charge >= 0.3 is 0 Å². The third-order valence-electron chi connectivity index (χ3n) is 3.98. The van der Waals surface area contributed by atoms with Gasteiger partial charge in [-0.2, -0.15) is 4.31 Å². The van der Waals surface area contributed by atoms with E-state index in [4.69, 9.17) is 5.84 Å². The van der Waals surface area contributed by atoms with Gasteiger partial charge in [0.15, 0.2) is 0 Å². The van der Waals surface area contributed by atoms with Gasteiger partial charge in [0.05, 0.1) is 5.69 Å². The van der Waals surface area contributed by atoms with Gasteiger partial charge in [-0.25, -0.2) is 8.42 Å². The van der Waals surface area contributed by atoms with Crippen LogP contribution in [0, 0.1) is 11.8 Å². The molecule has 0 amide bonds. The van der Waals surface area contributed by atoms with Gasteiger partial charge in [0.25, 0.3) is 0 Å². The third kappa shape index (κ3) is 2.97. The summed E-state index contributed by atoms with van der Waals surface area (Å²) < 4.78 is 27.4. The second kappa shape index (κ2) is 5.35. The summed E-state index contributed by atoms with van der Waals surface area (Å²) in [4.78, 5) is 0.281. The van der Waals surface area contributed by atoms with Crippen molar-refractivity contribution in [3.8, 4) is 0 Å². The number of nitrogen functional groups attached to an aromatic ring is 1. The molecule has 1 aromatic carbocycles. The highest BCUT2D eigenvalue weighted by Crippen LogP contribution is 2.36. The van der Waals surface area contributed by atoms with Gasteiger partial charge < -0.3 is 5.43 Å². The summed E-state index contributed by atoms with van der Waals surface area (Å²) in [5, 5.41) is 0. The van der Waals surface area contributed by atoms with Crippen LogP contribution in [0.25, 0.3) is 0 Å². The van der Waals surface area contributed by atoms with Crippen molar-refractivity contribution in [2.24, 2.45) is 17.7 Å². The van der Waals surface area contributed by atoms with Crippen molar-refractivity contribution in [2.75, 3.05) is 18.5 Å². The van der Waals surface area contributed by atoms with E-state index in [0.29, 0.717) is 30.6 Å². The van der Waals surface area contributed by atoms with Crippen LogP contribution in [0.3, 0.4) is 0 Å². The maximum absolute atomic E-state index is 12.9. The average Bonchev–Trinajstić information content (AvgIpc) is 3.33. The number of nitrogens with one attached hydrogen (secondary N) is 1. The molecule has 2 aliphatic rings. The standard InChI is InChI=1S/C14H21N3O2S/c15-16-13-3-1-2-4-14(13)20(18,19)17(9-11-5-6-11)10-12-7-8-12/h1-4,11-12,16H,5-10,15H2. The van der Waals surface area contributed by atoms with E-state index in [1.807, 2.05) is 0 Å². The second-order valence-electron chi connectivity index (χ2n) is 5.85. The summed E-state index contributed by atoms with van der Waals surface area (Å²) in [7, 11) is -3.46. The van der Waals surface area contributed by atoms with E-state index in [9.17, 15) is 8.42 Å². The Labute approximate surface area is 120 Å². The Balaban J connectivity index is 1.89. The summed E-state index contributed by atoms with van der Waals surface area (Å²) in [6.07, 6.45) is 4.59. The highest BCUT2D eigenvalue weighted by molar-refractivity contribution is 7.89. The van der Waals surface area contributed by atoms with E-state index < -0.39 is 10.0 Å². The zero-order valence-corrected chi connectivity index (χ0v) is 12.3. The number of anilines is 1. The van der Waals surface area contributed by atoms with Gasteiger partial charge in [0.1, 0.15) is 4.90 Å². The van der Waals surface area contributed by atoms with Crippen LogP contribution in [0.1, 0.15) is 25.7 Å². The van der Waals surface area contributed by atoms with Crippen molar-refractivity contribution < 1.29 is 8.42 Å². The SMILES string of the molecule is NNc1ccccc1S(=O)(=O)N(CC1CC1)CC1CC1. The predicted molar refractivity (Wildman–Crippen MR) is 78.5 cm³/mol. The van der Waals surface area contributed by atoms with Crippen molar-refractivity contribution in [1.82, 2.24) is 4.31 Å². The summed E-state index contributed by atoms with van der Waals surface area (Å²) in [6, 6.07) is 6.83. The predicted octanol–water partition coefficient (Wildman–Crippen LogP) is 1.78. The van der Waals surface area contributed by atoms with Gasteiger partial charge in [-0.05, 0) is 49.7 Å². The molecule has 1 aromatic rings. The number of sulfonamides is 1. The molecule has 3 rings (SSSR count). The Morgan fingerprint density at radius 2 is 1.65 bits per heavy atom. The van der Waals surface area contributed by atoms with Gasteiger partial charge in [-0.1, -0.05) is 12.1 Å². The Hall–Kier alpha value is -1.11. The normalized spacial score (nSPS) is 19.3. The zero-order chi connectivity index (χ0) is 14.2. The number of nitrogens with two attached hydrogens (primary N) is 1. The van der Waals surface area contributed by atoms with Crippen molar-refractivity contribution in [3.05, 3.63) is 24.3 Å². The molecule has 0 spiro atoms. The smallest absolute Gasteiger partial charge is 0.245 e. The van der Waals surface area contributed by atoms with Crippen LogP contribution in [0.15, 0.2) is 29.2 Å². The Morgan fingerprint density at radius 3 is 2.15 bits per heavy atom. The molecule has 2 fully saturated rings. The minimum absolute atomic E-state index is 0.281. The molecular weight excluding hydrogens is 274 g/mol. The number of nitrogens with zero attached hydrogens (tertiary/aromatic N) is 1. The fraction of sp³-hybridized carbons (Fsp3) is 0.571. The van der Waals surface area contributed by atoms with Gasteiger partial charge in [0.2, 0.25) is 10.0 Å². The van der Waals surface area contributed by atoms with Crippen LogP contribution in [0.4, 0.5) is 5.69 Å². The third-order valence-corrected chi connectivity index (χ3v) is 5.87. The highest BCUT2D eigenvalue weighted by Gasteiger charge is 2.36. The van der Waals surface area contributed by atoms with Crippen molar-refractivity contribution in [3.63, 3.8) is 0 Å². The van der Waals surface area contributed by atoms with Crippen molar-refractivity contribution >= 4 is 15.7 Å². The maximum atomic E-state index is 12.9. The van der Waals surface area contributed by atoms with E-state index in [-0.39, 0.29) is 4.90 Å². The lowest BCUT2D eigenvalue weighted by molar-refractivity contribution is 0.382. The van der Waals surface area contributed by atoms with Crippen molar-refractivity contribution in [2.45, 2.75) is 30.6 Å². The molecule has 2 saturated carbocycles. The van der Waals surface area contributed by atoms with Gasteiger partial charge in [0, 0.05) is 13.1 Å². The maximum Gasteiger partial charge on any atom is 0.245 e. The lowest BCUT2D eigenvalue weighted by atomic mass is 10.3. The molecule has 2 aliphatic carbocycles. The first-order valence-electron chi connectivity index (χ1n) is 7.17. The highest BCUT2D eigenvalue weighted by atomic mass is 32.2. The van der Waals surface area contributed by atoms with Crippen LogP contribution in [0.5, 0.6) is 0 Å². The van der Waals surface area contributed by atoms with Crippen molar-refractivity contribution in [1.29, 1.82) is 0 Å². The summed E-state index contributed by atoms with van der Waals surface area (Å²) >= 11 is 0. The molecule has 0 heterocycles. The lowest BCUT2D eigenvalue weighted by Gasteiger charge is -2.23. The van der Waals surface area contributed by atoms with Crippen LogP contribution in [-0.2, 0) is 10.0 Å². The summed E-state index contributed by atoms with van der Waals surface area (Å²) in [6.45, 7) is 1.30. The van der Waals surface area contributed by atoms with Crippen LogP contribution < -0.4 is 11.3 Å². The molecule has 0 aliphatic heterocycles. The average molecular weight is 295 g/mol. The molecular formula is C14H21N3O2S. The molecule has 20 heavy (non-hydrogen) atoms. The largest absolute Gasteiger partial charge is 0.323 e. The van der Waals surface area contributed by atoms with E-state index >= 15 is 0 Å². The van der Waals surface area contributed by atoms with Crippen LogP contribution in [-0.4, -0.2) is 25.8 Å². The van der Waals surface area contributed by atoms with E-state index in [1.165, 1.54) is 0 Å². The molecule has 0 atom stereocenters. The molecule has 6 heteroatoms.